The molecule has 2 aromatic heterocycles. The highest BCUT2D eigenvalue weighted by atomic mass is 35.5. The van der Waals surface area contributed by atoms with E-state index in [1.165, 1.54) is 0 Å². The maximum atomic E-state index is 12.8. The molecule has 6 nitrogen and oxygen atoms in total. The van der Waals surface area contributed by atoms with Gasteiger partial charge in [-0.15, -0.1) is 0 Å². The van der Waals surface area contributed by atoms with Crippen molar-refractivity contribution in [2.45, 2.75) is 32.5 Å². The van der Waals surface area contributed by atoms with Gasteiger partial charge >= 0.3 is 17.0 Å². The van der Waals surface area contributed by atoms with Gasteiger partial charge in [-0.1, -0.05) is 29.9 Å². The van der Waals surface area contributed by atoms with Crippen LogP contribution in [0.5, 0.6) is 5.75 Å². The largest absolute Gasteiger partial charge is 0.479 e. The van der Waals surface area contributed by atoms with Gasteiger partial charge < -0.3 is 9.47 Å². The molecule has 1 aromatic carbocycles. The summed E-state index contributed by atoms with van der Waals surface area (Å²) in [5, 5.41) is -0.305. The Labute approximate surface area is 177 Å². The molecule has 0 aliphatic rings. The van der Waals surface area contributed by atoms with Crippen LogP contribution in [0.2, 0.25) is 5.02 Å². The van der Waals surface area contributed by atoms with E-state index in [-0.39, 0.29) is 17.4 Å². The second-order valence-electron chi connectivity index (χ2n) is 6.13. The molecule has 1 atom stereocenters. The summed E-state index contributed by atoms with van der Waals surface area (Å²) in [6, 6.07) is 5.39. The van der Waals surface area contributed by atoms with Crippen LogP contribution in [0.4, 0.5) is 13.2 Å². The molecule has 1 unspecified atom stereocenters. The Kier molecular flexibility index (Phi) is 6.37. The Bertz CT molecular complexity index is 1140. The summed E-state index contributed by atoms with van der Waals surface area (Å²) in [6.45, 7) is 3.69. The highest BCUT2D eigenvalue weighted by Crippen LogP contribution is 2.33. The topological polar surface area (TPSA) is 70.4 Å². The Morgan fingerprint density at radius 3 is 2.63 bits per heavy atom. The van der Waals surface area contributed by atoms with Gasteiger partial charge in [-0.2, -0.15) is 13.2 Å². The number of benzene rings is 1. The van der Waals surface area contributed by atoms with Gasteiger partial charge in [0.05, 0.1) is 27.4 Å². The standard InChI is InChI=1S/C19H16ClF3N2O4S/c1-3-14(17(26)28-4-2)29-11-5-6-13-15(8-11)30-18(27)25(13)16-12(20)7-10(9-24-16)19(21,22)23/h5-9,14H,3-4H2,1-2H3. The fraction of sp³-hybridized carbons (Fsp3) is 0.316. The van der Waals surface area contributed by atoms with Crippen LogP contribution in [0.3, 0.4) is 0 Å². The number of fused-ring (bicyclic) bond motifs is 1. The number of alkyl halides is 3. The van der Waals surface area contributed by atoms with Gasteiger partial charge in [0.1, 0.15) is 5.75 Å². The molecule has 2 heterocycles. The first-order chi connectivity index (χ1) is 14.2. The van der Waals surface area contributed by atoms with Gasteiger partial charge in [0.15, 0.2) is 11.9 Å². The molecule has 0 amide bonds. The zero-order chi connectivity index (χ0) is 22.1. The van der Waals surface area contributed by atoms with E-state index in [0.717, 1.165) is 22.0 Å². The molecular formula is C19H16ClF3N2O4S. The minimum absolute atomic E-state index is 0.104. The normalized spacial score (nSPS) is 12.7. The first-order valence-corrected chi connectivity index (χ1v) is 10.1. The predicted octanol–water partition coefficient (Wildman–Crippen LogP) is 4.84. The summed E-state index contributed by atoms with van der Waals surface area (Å²) in [4.78, 5) is 27.7. The lowest BCUT2D eigenvalue weighted by Gasteiger charge is -2.16. The fourth-order valence-corrected chi connectivity index (χ4v) is 3.87. The molecule has 11 heteroatoms. The SMILES string of the molecule is CCOC(=O)C(CC)Oc1ccc2c(c1)sc(=O)n2-c1ncc(C(F)(F)F)cc1Cl. The average Bonchev–Trinajstić information content (AvgIpc) is 3.00. The molecule has 0 radical (unpaired) electrons. The molecule has 0 bridgehead atoms. The fourth-order valence-electron chi connectivity index (χ4n) is 2.72. The smallest absolute Gasteiger partial charge is 0.417 e. The highest BCUT2D eigenvalue weighted by molar-refractivity contribution is 7.16. The van der Waals surface area contributed by atoms with E-state index in [9.17, 15) is 22.8 Å². The molecule has 0 N–H and O–H groups in total. The molecule has 0 fully saturated rings. The number of hydrogen-bond acceptors (Lipinski definition) is 6. The molecule has 0 aliphatic carbocycles. The maximum Gasteiger partial charge on any atom is 0.417 e. The van der Waals surface area contributed by atoms with Crippen LogP contribution in [-0.4, -0.2) is 28.2 Å². The molecule has 0 saturated heterocycles. The first kappa shape index (κ1) is 22.1. The molecule has 160 valence electrons. The Morgan fingerprint density at radius 1 is 1.30 bits per heavy atom. The molecule has 3 aromatic rings. The van der Waals surface area contributed by atoms with E-state index >= 15 is 0 Å². The van der Waals surface area contributed by atoms with Crippen LogP contribution >= 0.6 is 22.9 Å². The monoisotopic (exact) mass is 460 g/mol. The number of carbonyl (C=O) groups is 1. The second kappa shape index (κ2) is 8.65. The van der Waals surface area contributed by atoms with Crippen molar-refractivity contribution < 1.29 is 27.4 Å². The van der Waals surface area contributed by atoms with Crippen molar-refractivity contribution in [2.24, 2.45) is 0 Å². The number of pyridine rings is 1. The van der Waals surface area contributed by atoms with E-state index in [4.69, 9.17) is 21.1 Å². The maximum absolute atomic E-state index is 12.8. The Balaban J connectivity index is 1.99. The van der Waals surface area contributed by atoms with E-state index in [1.54, 1.807) is 32.0 Å². The van der Waals surface area contributed by atoms with Crippen molar-refractivity contribution in [3.63, 3.8) is 0 Å². The van der Waals surface area contributed by atoms with Gasteiger partial charge in [0.2, 0.25) is 0 Å². The number of aromatic nitrogens is 2. The molecule has 0 aliphatic heterocycles. The zero-order valence-electron chi connectivity index (χ0n) is 15.8. The number of ether oxygens (including phenoxy) is 2. The minimum Gasteiger partial charge on any atom is -0.479 e. The number of thiazole rings is 1. The molecule has 0 saturated carbocycles. The Morgan fingerprint density at radius 2 is 2.03 bits per heavy atom. The minimum atomic E-state index is -4.60. The third-order valence-corrected chi connectivity index (χ3v) is 5.29. The third kappa shape index (κ3) is 4.44. The second-order valence-corrected chi connectivity index (χ2v) is 7.53. The van der Waals surface area contributed by atoms with Crippen LogP contribution in [0, 0.1) is 0 Å². The molecule has 3 rings (SSSR count). The number of nitrogens with zero attached hydrogens (tertiary/aromatic N) is 2. The van der Waals surface area contributed by atoms with Crippen molar-refractivity contribution in [1.82, 2.24) is 9.55 Å². The van der Waals surface area contributed by atoms with Crippen LogP contribution in [0.15, 0.2) is 35.3 Å². The number of carbonyl (C=O) groups excluding carboxylic acids is 1. The third-order valence-electron chi connectivity index (χ3n) is 4.11. The van der Waals surface area contributed by atoms with Crippen molar-refractivity contribution in [3.8, 4) is 11.6 Å². The van der Waals surface area contributed by atoms with Gasteiger partial charge in [-0.05, 0) is 37.6 Å². The lowest BCUT2D eigenvalue weighted by molar-refractivity contribution is -0.151. The number of halogens is 4. The van der Waals surface area contributed by atoms with Gasteiger partial charge in [-0.3, -0.25) is 4.79 Å². The number of hydrogen-bond donors (Lipinski definition) is 0. The number of rotatable bonds is 6. The zero-order valence-corrected chi connectivity index (χ0v) is 17.4. The van der Waals surface area contributed by atoms with E-state index in [2.05, 4.69) is 4.98 Å². The summed E-state index contributed by atoms with van der Waals surface area (Å²) in [5.74, 6) is -0.249. The number of esters is 1. The van der Waals surface area contributed by atoms with Gasteiger partial charge in [0.25, 0.3) is 0 Å². The summed E-state index contributed by atoms with van der Waals surface area (Å²) in [7, 11) is 0. The van der Waals surface area contributed by atoms with Crippen molar-refractivity contribution in [3.05, 3.63) is 50.7 Å². The van der Waals surface area contributed by atoms with Crippen molar-refractivity contribution in [1.29, 1.82) is 0 Å². The molecule has 30 heavy (non-hydrogen) atoms. The van der Waals surface area contributed by atoms with Crippen molar-refractivity contribution >= 4 is 39.1 Å². The van der Waals surface area contributed by atoms with Crippen LogP contribution in [0.1, 0.15) is 25.8 Å². The molecular weight excluding hydrogens is 445 g/mol. The summed E-state index contributed by atoms with van der Waals surface area (Å²) in [5.41, 5.74) is -0.611. The first-order valence-electron chi connectivity index (χ1n) is 8.87. The lowest BCUT2D eigenvalue weighted by atomic mass is 10.2. The van der Waals surface area contributed by atoms with Crippen molar-refractivity contribution in [2.75, 3.05) is 6.61 Å². The summed E-state index contributed by atoms with van der Waals surface area (Å²) in [6.07, 6.45) is -4.39. The molecule has 0 spiro atoms. The van der Waals surface area contributed by atoms with Crippen LogP contribution in [0.25, 0.3) is 16.0 Å². The average molecular weight is 461 g/mol. The van der Waals surface area contributed by atoms with Gasteiger partial charge in [0, 0.05) is 6.20 Å². The highest BCUT2D eigenvalue weighted by Gasteiger charge is 2.32. The van der Waals surface area contributed by atoms with E-state index in [0.29, 0.717) is 28.6 Å². The predicted molar refractivity (Wildman–Crippen MR) is 107 cm³/mol. The summed E-state index contributed by atoms with van der Waals surface area (Å²) < 4.78 is 50.8. The summed E-state index contributed by atoms with van der Waals surface area (Å²) >= 11 is 6.84. The van der Waals surface area contributed by atoms with E-state index in [1.807, 2.05) is 0 Å². The van der Waals surface area contributed by atoms with Gasteiger partial charge in [-0.25, -0.2) is 14.3 Å². The lowest BCUT2D eigenvalue weighted by Crippen LogP contribution is -2.28. The Hall–Kier alpha value is -2.59. The van der Waals surface area contributed by atoms with E-state index < -0.39 is 28.7 Å². The quantitative estimate of drug-likeness (QED) is 0.492. The van der Waals surface area contributed by atoms with Crippen LogP contribution in [-0.2, 0) is 15.7 Å². The van der Waals surface area contributed by atoms with Crippen LogP contribution < -0.4 is 9.61 Å².